The molecule has 1 fully saturated rings. The number of carbonyl (C=O) groups excluding carboxylic acids is 1. The van der Waals surface area contributed by atoms with Crippen LogP contribution in [-0.2, 0) is 20.2 Å². The fraction of sp³-hybridized carbons (Fsp3) is 0.500. The van der Waals surface area contributed by atoms with Crippen molar-refractivity contribution in [2.24, 2.45) is 10.5 Å². The number of rotatable bonds is 9. The molecule has 0 amide bonds. The lowest BCUT2D eigenvalue weighted by atomic mass is 9.78. The first-order valence-corrected chi connectivity index (χ1v) is 15.6. The van der Waals surface area contributed by atoms with Gasteiger partial charge in [-0.25, -0.2) is 12.7 Å². The SMILES string of the molecule is C=CC(c1ccc(C(C)(C)C)cc1)S(=O)(=O)N1CCC(N2N=C(c3ccc(OC)c(OC)c3)C(C)(C)C2C=O)CC1. The minimum atomic E-state index is -3.67. The Morgan fingerprint density at radius 1 is 1.02 bits per heavy atom. The molecular weight excluding hydrogens is 538 g/mol. The van der Waals surface area contributed by atoms with Gasteiger partial charge in [-0.3, -0.25) is 5.01 Å². The fourth-order valence-electron chi connectivity index (χ4n) is 5.86. The number of aldehydes is 1. The number of carbonyl (C=O) groups is 1. The molecule has 1 saturated heterocycles. The average Bonchev–Trinajstić information content (AvgIpc) is 3.22. The van der Waals surface area contributed by atoms with Gasteiger partial charge in [-0.1, -0.05) is 65.0 Å². The zero-order valence-corrected chi connectivity index (χ0v) is 26.1. The summed E-state index contributed by atoms with van der Waals surface area (Å²) in [4.78, 5) is 12.4. The molecule has 9 heteroatoms. The Morgan fingerprint density at radius 2 is 1.63 bits per heavy atom. The zero-order valence-electron chi connectivity index (χ0n) is 25.3. The number of hydrogen-bond donors (Lipinski definition) is 0. The molecule has 2 aromatic rings. The standard InChI is InChI=1S/C32H43N3O5S/c1-9-28(22-10-13-24(14-11-22)31(2,3)4)41(37,38)34-18-16-25(17-19-34)35-29(21-36)32(5,6)30(33-35)23-12-15-26(39-7)27(20-23)40-8/h9-15,20-21,25,28-29H,1,16-19H2,2-8H3. The number of piperidine rings is 1. The summed E-state index contributed by atoms with van der Waals surface area (Å²) in [5.74, 6) is 1.21. The third kappa shape index (κ3) is 5.79. The van der Waals surface area contributed by atoms with Crippen molar-refractivity contribution in [1.29, 1.82) is 0 Å². The summed E-state index contributed by atoms with van der Waals surface area (Å²) in [5, 5.41) is 6.04. The van der Waals surface area contributed by atoms with Crippen LogP contribution in [0, 0.1) is 5.41 Å². The Labute approximate surface area is 245 Å². The van der Waals surface area contributed by atoms with Crippen LogP contribution in [0.4, 0.5) is 0 Å². The van der Waals surface area contributed by atoms with E-state index in [1.165, 1.54) is 6.08 Å². The first kappa shape index (κ1) is 30.8. The van der Waals surface area contributed by atoms with E-state index in [4.69, 9.17) is 14.6 Å². The Hall–Kier alpha value is -3.17. The van der Waals surface area contributed by atoms with Gasteiger partial charge in [-0.15, -0.1) is 6.58 Å². The van der Waals surface area contributed by atoms with Gasteiger partial charge in [0.15, 0.2) is 11.5 Å². The number of hydrogen-bond acceptors (Lipinski definition) is 7. The molecule has 0 bridgehead atoms. The Bertz CT molecular complexity index is 1400. The minimum Gasteiger partial charge on any atom is -0.493 e. The molecule has 0 radical (unpaired) electrons. The molecule has 2 atom stereocenters. The lowest BCUT2D eigenvalue weighted by Crippen LogP contribution is -2.50. The largest absolute Gasteiger partial charge is 0.493 e. The summed E-state index contributed by atoms with van der Waals surface area (Å²) in [5.41, 5.74) is 2.92. The highest BCUT2D eigenvalue weighted by atomic mass is 32.2. The van der Waals surface area contributed by atoms with E-state index < -0.39 is 26.7 Å². The molecule has 2 unspecified atom stereocenters. The third-order valence-corrected chi connectivity index (χ3v) is 10.6. The fourth-order valence-corrected chi connectivity index (χ4v) is 7.64. The Morgan fingerprint density at radius 3 is 2.15 bits per heavy atom. The van der Waals surface area contributed by atoms with Crippen molar-refractivity contribution in [3.8, 4) is 11.5 Å². The molecule has 8 nitrogen and oxygen atoms in total. The normalized spacial score (nSPS) is 20.8. The number of methoxy groups -OCH3 is 2. The van der Waals surface area contributed by atoms with Crippen LogP contribution >= 0.6 is 0 Å². The maximum absolute atomic E-state index is 13.7. The number of benzene rings is 2. The van der Waals surface area contributed by atoms with Crippen molar-refractivity contribution in [2.45, 2.75) is 70.2 Å². The molecule has 2 aliphatic rings. The van der Waals surface area contributed by atoms with Crippen LogP contribution in [0.2, 0.25) is 0 Å². The van der Waals surface area contributed by atoms with Crippen molar-refractivity contribution >= 4 is 22.0 Å². The van der Waals surface area contributed by atoms with E-state index in [0.29, 0.717) is 43.0 Å². The van der Waals surface area contributed by atoms with Crippen LogP contribution in [0.3, 0.4) is 0 Å². The van der Waals surface area contributed by atoms with E-state index >= 15 is 0 Å². The molecular formula is C32H43N3O5S. The van der Waals surface area contributed by atoms with E-state index in [-0.39, 0.29) is 11.5 Å². The number of nitrogens with zero attached hydrogens (tertiary/aromatic N) is 3. The smallest absolute Gasteiger partial charge is 0.224 e. The van der Waals surface area contributed by atoms with Crippen molar-refractivity contribution in [2.75, 3.05) is 27.3 Å². The highest BCUT2D eigenvalue weighted by molar-refractivity contribution is 7.89. The number of hydrazone groups is 1. The van der Waals surface area contributed by atoms with Crippen molar-refractivity contribution in [1.82, 2.24) is 9.31 Å². The molecule has 4 rings (SSSR count). The molecule has 2 heterocycles. The van der Waals surface area contributed by atoms with Crippen molar-refractivity contribution in [3.63, 3.8) is 0 Å². The van der Waals surface area contributed by atoms with E-state index in [1.54, 1.807) is 18.5 Å². The minimum absolute atomic E-state index is 0.0196. The molecule has 0 N–H and O–H groups in total. The van der Waals surface area contributed by atoms with E-state index in [2.05, 4.69) is 27.4 Å². The molecule has 0 aromatic heterocycles. The summed E-state index contributed by atoms with van der Waals surface area (Å²) >= 11 is 0. The average molecular weight is 582 g/mol. The van der Waals surface area contributed by atoms with Gasteiger partial charge in [-0.05, 0) is 47.6 Å². The molecule has 2 aliphatic heterocycles. The van der Waals surface area contributed by atoms with Gasteiger partial charge < -0.3 is 14.3 Å². The van der Waals surface area contributed by atoms with E-state index in [0.717, 1.165) is 23.1 Å². The quantitative estimate of drug-likeness (QED) is 0.294. The van der Waals surface area contributed by atoms with Gasteiger partial charge in [-0.2, -0.15) is 5.10 Å². The van der Waals surface area contributed by atoms with Gasteiger partial charge >= 0.3 is 0 Å². The summed E-state index contributed by atoms with van der Waals surface area (Å²) < 4.78 is 39.9. The molecule has 0 spiro atoms. The molecule has 222 valence electrons. The summed E-state index contributed by atoms with van der Waals surface area (Å²) in [6.07, 6.45) is 3.60. The van der Waals surface area contributed by atoms with Crippen LogP contribution in [0.25, 0.3) is 0 Å². The third-order valence-electron chi connectivity index (χ3n) is 8.43. The lowest BCUT2D eigenvalue weighted by Gasteiger charge is -2.39. The summed E-state index contributed by atoms with van der Waals surface area (Å²) in [6, 6.07) is 12.9. The highest BCUT2D eigenvalue weighted by Crippen LogP contribution is 2.41. The molecule has 0 aliphatic carbocycles. The van der Waals surface area contributed by atoms with Crippen LogP contribution in [0.15, 0.2) is 60.2 Å². The molecule has 0 saturated carbocycles. The summed E-state index contributed by atoms with van der Waals surface area (Å²) in [6.45, 7) is 15.0. The molecule has 41 heavy (non-hydrogen) atoms. The van der Waals surface area contributed by atoms with Crippen LogP contribution in [0.1, 0.15) is 69.4 Å². The lowest BCUT2D eigenvalue weighted by molar-refractivity contribution is -0.115. The van der Waals surface area contributed by atoms with Crippen LogP contribution in [0.5, 0.6) is 11.5 Å². The predicted molar refractivity (Wildman–Crippen MR) is 163 cm³/mol. The highest BCUT2D eigenvalue weighted by Gasteiger charge is 2.48. The first-order valence-electron chi connectivity index (χ1n) is 14.1. The number of ether oxygens (including phenoxy) is 2. The summed E-state index contributed by atoms with van der Waals surface area (Å²) in [7, 11) is -0.492. The van der Waals surface area contributed by atoms with Gasteiger partial charge in [0.2, 0.25) is 10.0 Å². The second kappa shape index (κ2) is 11.6. The Kier molecular flexibility index (Phi) is 8.71. The zero-order chi connectivity index (χ0) is 30.2. The van der Waals surface area contributed by atoms with Gasteiger partial charge in [0.05, 0.1) is 26.0 Å². The van der Waals surface area contributed by atoms with E-state index in [1.807, 2.05) is 61.3 Å². The first-order chi connectivity index (χ1) is 19.3. The maximum atomic E-state index is 13.7. The van der Waals surface area contributed by atoms with Gasteiger partial charge in [0.25, 0.3) is 0 Å². The second-order valence-corrected chi connectivity index (χ2v) is 14.5. The topological polar surface area (TPSA) is 88.5 Å². The van der Waals surface area contributed by atoms with Crippen LogP contribution in [-0.4, -0.2) is 69.1 Å². The second-order valence-electron chi connectivity index (χ2n) is 12.4. The Balaban J connectivity index is 1.54. The van der Waals surface area contributed by atoms with E-state index in [9.17, 15) is 13.2 Å². The maximum Gasteiger partial charge on any atom is 0.224 e. The molecule has 2 aromatic carbocycles. The monoisotopic (exact) mass is 581 g/mol. The van der Waals surface area contributed by atoms with Gasteiger partial charge in [0.1, 0.15) is 17.6 Å². The number of sulfonamides is 1. The predicted octanol–water partition coefficient (Wildman–Crippen LogP) is 5.34. The van der Waals surface area contributed by atoms with Crippen LogP contribution < -0.4 is 9.47 Å². The van der Waals surface area contributed by atoms with Gasteiger partial charge in [0, 0.05) is 24.1 Å². The van der Waals surface area contributed by atoms with Crippen molar-refractivity contribution in [3.05, 3.63) is 71.8 Å². The van der Waals surface area contributed by atoms with Crippen molar-refractivity contribution < 1.29 is 22.7 Å².